The van der Waals surface area contributed by atoms with Gasteiger partial charge in [-0.05, 0) is 91.3 Å². The minimum absolute atomic E-state index is 0.139. The lowest BCUT2D eigenvalue weighted by molar-refractivity contribution is -0.135. The zero-order valence-corrected chi connectivity index (χ0v) is 20.5. The smallest absolute Gasteiger partial charge is 0.338 e. The molecule has 0 heterocycles. The SMILES string of the molecule is CC.COC(=O)C1=CCC=C1c1ccc(OC2CCCC2)c(-c2cccc(F)c2C2CCC2)c1. The zero-order chi connectivity index (χ0) is 24.1. The molecule has 2 fully saturated rings. The Morgan fingerprint density at radius 1 is 0.941 bits per heavy atom. The third kappa shape index (κ3) is 4.82. The van der Waals surface area contributed by atoms with Gasteiger partial charge in [0.1, 0.15) is 11.6 Å². The molecule has 3 nitrogen and oxygen atoms in total. The molecule has 2 aromatic rings. The van der Waals surface area contributed by atoms with Gasteiger partial charge in [-0.15, -0.1) is 0 Å². The van der Waals surface area contributed by atoms with Gasteiger partial charge in [-0.1, -0.05) is 50.6 Å². The van der Waals surface area contributed by atoms with Crippen molar-refractivity contribution in [1.29, 1.82) is 0 Å². The Hall–Kier alpha value is -2.88. The van der Waals surface area contributed by atoms with Crippen molar-refractivity contribution in [2.24, 2.45) is 0 Å². The Morgan fingerprint density at radius 2 is 1.71 bits per heavy atom. The van der Waals surface area contributed by atoms with Gasteiger partial charge >= 0.3 is 5.97 Å². The molecule has 0 atom stereocenters. The van der Waals surface area contributed by atoms with E-state index < -0.39 is 0 Å². The summed E-state index contributed by atoms with van der Waals surface area (Å²) >= 11 is 0. The van der Waals surface area contributed by atoms with Crippen LogP contribution in [0.5, 0.6) is 5.75 Å². The van der Waals surface area contributed by atoms with Crippen LogP contribution in [0.15, 0.2) is 54.1 Å². The monoisotopic (exact) mass is 462 g/mol. The number of methoxy groups -OCH3 is 1. The maximum Gasteiger partial charge on any atom is 0.338 e. The van der Waals surface area contributed by atoms with Crippen LogP contribution in [0.25, 0.3) is 16.7 Å². The lowest BCUT2D eigenvalue weighted by atomic mass is 9.76. The van der Waals surface area contributed by atoms with E-state index in [1.54, 1.807) is 12.1 Å². The van der Waals surface area contributed by atoms with E-state index >= 15 is 4.39 Å². The Kier molecular flexibility index (Phi) is 7.87. The first kappa shape index (κ1) is 24.3. The van der Waals surface area contributed by atoms with Crippen molar-refractivity contribution >= 4 is 11.5 Å². The largest absolute Gasteiger partial charge is 0.490 e. The maximum absolute atomic E-state index is 15.0. The minimum atomic E-state index is -0.331. The van der Waals surface area contributed by atoms with Gasteiger partial charge in [-0.3, -0.25) is 0 Å². The van der Waals surface area contributed by atoms with Crippen molar-refractivity contribution in [3.05, 3.63) is 71.1 Å². The zero-order valence-electron chi connectivity index (χ0n) is 20.5. The summed E-state index contributed by atoms with van der Waals surface area (Å²) in [5.74, 6) is 0.585. The Balaban J connectivity index is 0.00000133. The van der Waals surface area contributed by atoms with Gasteiger partial charge in [0.15, 0.2) is 0 Å². The third-order valence-electron chi connectivity index (χ3n) is 7.08. The van der Waals surface area contributed by atoms with E-state index in [1.165, 1.54) is 20.0 Å². The molecule has 180 valence electrons. The van der Waals surface area contributed by atoms with Crippen LogP contribution in [0.4, 0.5) is 4.39 Å². The number of benzene rings is 2. The second-order valence-electron chi connectivity index (χ2n) is 9.03. The van der Waals surface area contributed by atoms with Crippen molar-refractivity contribution in [2.75, 3.05) is 7.11 Å². The van der Waals surface area contributed by atoms with Crippen LogP contribution in [0.3, 0.4) is 0 Å². The lowest BCUT2D eigenvalue weighted by Crippen LogP contribution is -2.14. The molecule has 0 bridgehead atoms. The molecule has 3 aliphatic rings. The molecule has 0 aromatic heterocycles. The number of allylic oxidation sites excluding steroid dienone is 2. The summed E-state index contributed by atoms with van der Waals surface area (Å²) in [6.07, 6.45) is 12.5. The molecule has 3 aliphatic carbocycles. The van der Waals surface area contributed by atoms with Crippen LogP contribution in [-0.2, 0) is 9.53 Å². The van der Waals surface area contributed by atoms with E-state index in [-0.39, 0.29) is 23.8 Å². The summed E-state index contributed by atoms with van der Waals surface area (Å²) in [6.45, 7) is 4.00. The van der Waals surface area contributed by atoms with Crippen LogP contribution in [0, 0.1) is 5.82 Å². The fourth-order valence-electron chi connectivity index (χ4n) is 5.17. The Bertz CT molecular complexity index is 1090. The molecule has 0 aliphatic heterocycles. The molecule has 4 heteroatoms. The topological polar surface area (TPSA) is 35.5 Å². The van der Waals surface area contributed by atoms with Gasteiger partial charge in [0.2, 0.25) is 0 Å². The maximum atomic E-state index is 15.0. The number of halogens is 1. The first-order valence-corrected chi connectivity index (χ1v) is 12.7. The molecule has 2 aromatic carbocycles. The van der Waals surface area contributed by atoms with Crippen LogP contribution >= 0.6 is 0 Å². The molecule has 0 N–H and O–H groups in total. The van der Waals surface area contributed by atoms with Crippen LogP contribution in [-0.4, -0.2) is 19.2 Å². The van der Waals surface area contributed by atoms with Gasteiger partial charge in [-0.2, -0.15) is 0 Å². The first-order chi connectivity index (χ1) is 16.7. The van der Waals surface area contributed by atoms with Crippen LogP contribution < -0.4 is 4.74 Å². The number of hydrogen-bond acceptors (Lipinski definition) is 3. The van der Waals surface area contributed by atoms with E-state index in [1.807, 2.05) is 44.2 Å². The fourth-order valence-corrected chi connectivity index (χ4v) is 5.17. The number of rotatable bonds is 6. The highest BCUT2D eigenvalue weighted by molar-refractivity contribution is 6.07. The number of ether oxygens (including phenoxy) is 2. The van der Waals surface area contributed by atoms with E-state index in [0.717, 1.165) is 65.7 Å². The van der Waals surface area contributed by atoms with Gasteiger partial charge in [-0.25, -0.2) is 9.18 Å². The third-order valence-corrected chi connectivity index (χ3v) is 7.08. The molecule has 5 rings (SSSR count). The molecule has 0 unspecified atom stereocenters. The van der Waals surface area contributed by atoms with Crippen molar-refractivity contribution < 1.29 is 18.7 Å². The molecule has 0 saturated heterocycles. The molecule has 0 amide bonds. The number of esters is 1. The standard InChI is InChI=1S/C28H29FO3.C2H6/c1-31-28(30)23-13-5-11-21(23)19-15-16-26(32-20-9-2-3-10-20)24(17-19)22-12-6-14-25(29)27(22)18-7-4-8-18;1-2/h6,11-18,20H,2-5,7-10H2,1H3;1-2H3. The summed E-state index contributed by atoms with van der Waals surface area (Å²) in [4.78, 5) is 12.3. The fraction of sp³-hybridized carbons (Fsp3) is 0.433. The normalized spacial score (nSPS) is 17.9. The highest BCUT2D eigenvalue weighted by Crippen LogP contribution is 2.46. The van der Waals surface area contributed by atoms with Crippen LogP contribution in [0.2, 0.25) is 0 Å². The van der Waals surface area contributed by atoms with Crippen molar-refractivity contribution in [2.45, 2.75) is 77.2 Å². The predicted octanol–water partition coefficient (Wildman–Crippen LogP) is 7.99. The van der Waals surface area contributed by atoms with E-state index in [0.29, 0.717) is 12.0 Å². The number of hydrogen-bond donors (Lipinski definition) is 0. The van der Waals surface area contributed by atoms with E-state index in [9.17, 15) is 4.79 Å². The average Bonchev–Trinajstić information content (AvgIpc) is 3.53. The average molecular weight is 463 g/mol. The first-order valence-electron chi connectivity index (χ1n) is 12.7. The highest BCUT2D eigenvalue weighted by Gasteiger charge is 2.28. The molecular formula is C30H35FO3. The summed E-state index contributed by atoms with van der Waals surface area (Å²) in [5, 5.41) is 0. The van der Waals surface area contributed by atoms with Crippen molar-refractivity contribution in [3.63, 3.8) is 0 Å². The minimum Gasteiger partial charge on any atom is -0.490 e. The number of carbonyl (C=O) groups is 1. The second-order valence-corrected chi connectivity index (χ2v) is 9.03. The quantitative estimate of drug-likeness (QED) is 0.408. The Labute approximate surface area is 202 Å². The highest BCUT2D eigenvalue weighted by atomic mass is 19.1. The summed E-state index contributed by atoms with van der Waals surface area (Å²) < 4.78 is 26.5. The molecule has 2 saturated carbocycles. The van der Waals surface area contributed by atoms with Crippen molar-refractivity contribution in [1.82, 2.24) is 0 Å². The second kappa shape index (κ2) is 11.0. The summed E-state index contributed by atoms with van der Waals surface area (Å²) in [5.41, 5.74) is 5.00. The summed E-state index contributed by atoms with van der Waals surface area (Å²) in [6, 6.07) is 11.4. The van der Waals surface area contributed by atoms with E-state index in [2.05, 4.69) is 6.07 Å². The molecule has 0 spiro atoms. The van der Waals surface area contributed by atoms with Gasteiger partial charge in [0.05, 0.1) is 18.8 Å². The van der Waals surface area contributed by atoms with Gasteiger partial charge in [0.25, 0.3) is 0 Å². The van der Waals surface area contributed by atoms with Crippen LogP contribution in [0.1, 0.15) is 82.3 Å². The number of carbonyl (C=O) groups excluding carboxylic acids is 1. The molecule has 34 heavy (non-hydrogen) atoms. The molecule has 0 radical (unpaired) electrons. The predicted molar refractivity (Wildman–Crippen MR) is 135 cm³/mol. The Morgan fingerprint density at radius 3 is 2.38 bits per heavy atom. The summed E-state index contributed by atoms with van der Waals surface area (Å²) in [7, 11) is 1.40. The van der Waals surface area contributed by atoms with Gasteiger partial charge < -0.3 is 9.47 Å². The van der Waals surface area contributed by atoms with E-state index in [4.69, 9.17) is 9.47 Å². The lowest BCUT2D eigenvalue weighted by Gasteiger charge is -2.29. The van der Waals surface area contributed by atoms with Crippen molar-refractivity contribution in [3.8, 4) is 16.9 Å². The van der Waals surface area contributed by atoms with Gasteiger partial charge in [0, 0.05) is 5.56 Å². The molecular weight excluding hydrogens is 427 g/mol.